The molecule has 0 aromatic heterocycles. The molecule has 0 aliphatic rings. The standard InChI is InChI=1S/C11H16ClN3/c1-2-7-14-11(15-13)8-9-3-5-10(12)6-4-9/h3-6H,2,7-8,13H2,1H3,(H,14,15). The fourth-order valence-corrected chi connectivity index (χ4v) is 1.32. The monoisotopic (exact) mass is 225 g/mol. The van der Waals surface area contributed by atoms with E-state index in [9.17, 15) is 0 Å². The summed E-state index contributed by atoms with van der Waals surface area (Å²) in [4.78, 5) is 4.33. The third-order valence-electron chi connectivity index (χ3n) is 1.98. The van der Waals surface area contributed by atoms with Crippen molar-refractivity contribution in [2.75, 3.05) is 6.54 Å². The van der Waals surface area contributed by atoms with E-state index in [-0.39, 0.29) is 0 Å². The minimum Gasteiger partial charge on any atom is -0.312 e. The van der Waals surface area contributed by atoms with Gasteiger partial charge in [0.15, 0.2) is 0 Å². The largest absolute Gasteiger partial charge is 0.312 e. The van der Waals surface area contributed by atoms with Crippen molar-refractivity contribution in [3.63, 3.8) is 0 Å². The molecule has 4 heteroatoms. The Kier molecular flexibility index (Phi) is 5.15. The van der Waals surface area contributed by atoms with E-state index in [4.69, 9.17) is 17.4 Å². The fraction of sp³-hybridized carbons (Fsp3) is 0.364. The first-order valence-electron chi connectivity index (χ1n) is 5.00. The van der Waals surface area contributed by atoms with Crippen LogP contribution in [0.15, 0.2) is 29.3 Å². The van der Waals surface area contributed by atoms with Gasteiger partial charge in [0.1, 0.15) is 5.84 Å². The molecule has 0 aliphatic carbocycles. The Balaban J connectivity index is 2.62. The van der Waals surface area contributed by atoms with Crippen molar-refractivity contribution in [2.45, 2.75) is 19.8 Å². The van der Waals surface area contributed by atoms with Crippen LogP contribution in [0.2, 0.25) is 5.02 Å². The first-order chi connectivity index (χ1) is 7.26. The van der Waals surface area contributed by atoms with Gasteiger partial charge < -0.3 is 5.43 Å². The average molecular weight is 226 g/mol. The van der Waals surface area contributed by atoms with Gasteiger partial charge in [-0.2, -0.15) is 0 Å². The summed E-state index contributed by atoms with van der Waals surface area (Å²) in [5, 5.41) is 0.742. The summed E-state index contributed by atoms with van der Waals surface area (Å²) in [7, 11) is 0. The molecule has 0 atom stereocenters. The SMILES string of the molecule is CCCN=C(Cc1ccc(Cl)cc1)NN. The zero-order valence-corrected chi connectivity index (χ0v) is 9.59. The fourth-order valence-electron chi connectivity index (χ4n) is 1.19. The number of benzene rings is 1. The molecule has 0 amide bonds. The lowest BCUT2D eigenvalue weighted by molar-refractivity contribution is 0.893. The van der Waals surface area contributed by atoms with Crippen molar-refractivity contribution in [1.82, 2.24) is 5.43 Å². The molecule has 15 heavy (non-hydrogen) atoms. The third-order valence-corrected chi connectivity index (χ3v) is 2.23. The van der Waals surface area contributed by atoms with Crippen LogP contribution in [0.25, 0.3) is 0 Å². The number of amidine groups is 1. The normalized spacial score (nSPS) is 11.5. The molecule has 1 rings (SSSR count). The second-order valence-electron chi connectivity index (χ2n) is 3.28. The number of nitrogens with one attached hydrogen (secondary N) is 1. The zero-order chi connectivity index (χ0) is 11.1. The molecule has 0 bridgehead atoms. The molecule has 0 heterocycles. The van der Waals surface area contributed by atoms with Gasteiger partial charge in [-0.15, -0.1) is 0 Å². The van der Waals surface area contributed by atoms with Gasteiger partial charge in [-0.3, -0.25) is 4.99 Å². The number of halogens is 1. The summed E-state index contributed by atoms with van der Waals surface area (Å²) in [6.45, 7) is 2.88. The van der Waals surface area contributed by atoms with Crippen LogP contribution < -0.4 is 11.3 Å². The summed E-state index contributed by atoms with van der Waals surface area (Å²) in [5.74, 6) is 6.19. The lowest BCUT2D eigenvalue weighted by atomic mass is 10.1. The van der Waals surface area contributed by atoms with Crippen molar-refractivity contribution >= 4 is 17.4 Å². The molecule has 3 N–H and O–H groups in total. The van der Waals surface area contributed by atoms with E-state index in [2.05, 4.69) is 17.3 Å². The van der Waals surface area contributed by atoms with Crippen molar-refractivity contribution in [3.8, 4) is 0 Å². The van der Waals surface area contributed by atoms with E-state index >= 15 is 0 Å². The van der Waals surface area contributed by atoms with Gasteiger partial charge in [0.25, 0.3) is 0 Å². The first kappa shape index (κ1) is 12.0. The number of nitrogens with two attached hydrogens (primary N) is 1. The molecule has 0 fully saturated rings. The van der Waals surface area contributed by atoms with E-state index in [0.717, 1.165) is 29.4 Å². The second kappa shape index (κ2) is 6.43. The molecule has 1 aromatic carbocycles. The van der Waals surface area contributed by atoms with Gasteiger partial charge in [-0.1, -0.05) is 30.7 Å². The highest BCUT2D eigenvalue weighted by molar-refractivity contribution is 6.30. The summed E-state index contributed by atoms with van der Waals surface area (Å²) >= 11 is 5.80. The molecule has 3 nitrogen and oxygen atoms in total. The molecular formula is C11H16ClN3. The molecule has 0 spiro atoms. The lowest BCUT2D eigenvalue weighted by Crippen LogP contribution is -2.32. The number of nitrogens with zero attached hydrogens (tertiary/aromatic N) is 1. The number of rotatable bonds is 4. The van der Waals surface area contributed by atoms with E-state index in [1.54, 1.807) is 0 Å². The summed E-state index contributed by atoms with van der Waals surface area (Å²) in [6.07, 6.45) is 1.74. The highest BCUT2D eigenvalue weighted by Gasteiger charge is 1.99. The van der Waals surface area contributed by atoms with Crippen molar-refractivity contribution in [3.05, 3.63) is 34.9 Å². The Bertz CT molecular complexity index is 319. The Morgan fingerprint density at radius 3 is 2.60 bits per heavy atom. The quantitative estimate of drug-likeness (QED) is 0.357. The van der Waals surface area contributed by atoms with Crippen LogP contribution in [0.3, 0.4) is 0 Å². The lowest BCUT2D eigenvalue weighted by Gasteiger charge is -2.05. The molecule has 0 radical (unpaired) electrons. The molecular weight excluding hydrogens is 210 g/mol. The molecule has 0 saturated carbocycles. The number of hydrazine groups is 1. The van der Waals surface area contributed by atoms with Gasteiger partial charge in [-0.05, 0) is 24.1 Å². The van der Waals surface area contributed by atoms with Crippen LogP contribution >= 0.6 is 11.6 Å². The molecule has 0 unspecified atom stereocenters. The van der Waals surface area contributed by atoms with E-state index in [1.165, 1.54) is 0 Å². The summed E-state index contributed by atoms with van der Waals surface area (Å²) in [6, 6.07) is 7.68. The van der Waals surface area contributed by atoms with Crippen molar-refractivity contribution < 1.29 is 0 Å². The highest BCUT2D eigenvalue weighted by atomic mass is 35.5. The van der Waals surface area contributed by atoms with E-state index in [0.29, 0.717) is 6.42 Å². The number of hydrogen-bond acceptors (Lipinski definition) is 2. The highest BCUT2D eigenvalue weighted by Crippen LogP contribution is 2.09. The third kappa shape index (κ3) is 4.32. The minimum atomic E-state index is 0.716. The van der Waals surface area contributed by atoms with Crippen LogP contribution in [0.1, 0.15) is 18.9 Å². The Labute approximate surface area is 95.3 Å². The molecule has 0 saturated heterocycles. The maximum absolute atomic E-state index is 5.80. The summed E-state index contributed by atoms with van der Waals surface area (Å²) in [5.41, 5.74) is 3.76. The van der Waals surface area contributed by atoms with Gasteiger partial charge in [0.05, 0.1) is 0 Å². The number of hydrogen-bond donors (Lipinski definition) is 2. The van der Waals surface area contributed by atoms with Crippen LogP contribution in [0.4, 0.5) is 0 Å². The van der Waals surface area contributed by atoms with Gasteiger partial charge in [-0.25, -0.2) is 5.84 Å². The van der Waals surface area contributed by atoms with Crippen LogP contribution in [0, 0.1) is 0 Å². The van der Waals surface area contributed by atoms with Gasteiger partial charge in [0.2, 0.25) is 0 Å². The van der Waals surface area contributed by atoms with Crippen LogP contribution in [0.5, 0.6) is 0 Å². The zero-order valence-electron chi connectivity index (χ0n) is 8.83. The molecule has 0 aliphatic heterocycles. The molecule has 1 aromatic rings. The topological polar surface area (TPSA) is 50.4 Å². The van der Waals surface area contributed by atoms with Crippen LogP contribution in [-0.4, -0.2) is 12.4 Å². The maximum Gasteiger partial charge on any atom is 0.115 e. The smallest absolute Gasteiger partial charge is 0.115 e. The molecule has 82 valence electrons. The first-order valence-corrected chi connectivity index (χ1v) is 5.38. The van der Waals surface area contributed by atoms with Crippen molar-refractivity contribution in [1.29, 1.82) is 0 Å². The predicted octanol–water partition coefficient (Wildman–Crippen LogP) is 2.15. The average Bonchev–Trinajstić information content (AvgIpc) is 2.27. The van der Waals surface area contributed by atoms with E-state index < -0.39 is 0 Å². The second-order valence-corrected chi connectivity index (χ2v) is 3.71. The Morgan fingerprint density at radius 1 is 1.40 bits per heavy atom. The predicted molar refractivity (Wildman–Crippen MR) is 65.1 cm³/mol. The summed E-state index contributed by atoms with van der Waals surface area (Å²) < 4.78 is 0. The minimum absolute atomic E-state index is 0.716. The Hall–Kier alpha value is -1.06. The van der Waals surface area contributed by atoms with Gasteiger partial charge >= 0.3 is 0 Å². The van der Waals surface area contributed by atoms with Crippen molar-refractivity contribution in [2.24, 2.45) is 10.8 Å². The van der Waals surface area contributed by atoms with E-state index in [1.807, 2.05) is 24.3 Å². The van der Waals surface area contributed by atoms with Gasteiger partial charge in [0, 0.05) is 18.0 Å². The Morgan fingerprint density at radius 2 is 2.07 bits per heavy atom. The maximum atomic E-state index is 5.80. The number of aliphatic imine (C=N–C) groups is 1. The van der Waals surface area contributed by atoms with Crippen LogP contribution in [-0.2, 0) is 6.42 Å².